The Morgan fingerprint density at radius 2 is 1.82 bits per heavy atom. The van der Waals surface area contributed by atoms with Gasteiger partial charge in [-0.25, -0.2) is 4.79 Å². The molecule has 8 N–H and O–H groups in total. The smallest absolute Gasteiger partial charge is 0.326 e. The molecule has 1 amide bonds. The number of rotatable bonds is 10. The van der Waals surface area contributed by atoms with Gasteiger partial charge in [-0.1, -0.05) is 20.3 Å². The number of aliphatic hydroxyl groups is 4. The third-order valence-corrected chi connectivity index (χ3v) is 4.75. The minimum Gasteiger partial charge on any atom is -0.481 e. The van der Waals surface area contributed by atoms with E-state index in [0.717, 1.165) is 0 Å². The molecule has 7 atom stereocenters. The van der Waals surface area contributed by atoms with Crippen LogP contribution in [0.4, 0.5) is 0 Å². The van der Waals surface area contributed by atoms with E-state index in [1.807, 2.05) is 0 Å². The topological polar surface area (TPSA) is 206 Å². The van der Waals surface area contributed by atoms with Gasteiger partial charge < -0.3 is 46.0 Å². The summed E-state index contributed by atoms with van der Waals surface area (Å²) in [5.74, 6) is -6.38. The number of carboxylic acid groups (broad SMARTS) is 2. The zero-order valence-electron chi connectivity index (χ0n) is 15.6. The molecule has 162 valence electrons. The van der Waals surface area contributed by atoms with Gasteiger partial charge in [-0.2, -0.15) is 0 Å². The summed E-state index contributed by atoms with van der Waals surface area (Å²) >= 11 is 0. The Kier molecular flexibility index (Phi) is 8.73. The Balaban J connectivity index is 2.86. The lowest BCUT2D eigenvalue weighted by Gasteiger charge is -2.42. The molecule has 1 unspecified atom stereocenters. The van der Waals surface area contributed by atoms with Gasteiger partial charge in [-0.15, -0.1) is 0 Å². The average molecular weight is 408 g/mol. The maximum atomic E-state index is 12.5. The normalized spacial score (nSPS) is 30.9. The van der Waals surface area contributed by atoms with Gasteiger partial charge in [0.2, 0.25) is 11.7 Å². The van der Waals surface area contributed by atoms with Crippen LogP contribution in [-0.4, -0.2) is 97.8 Å². The first-order chi connectivity index (χ1) is 12.9. The van der Waals surface area contributed by atoms with Crippen molar-refractivity contribution in [1.82, 2.24) is 10.6 Å². The summed E-state index contributed by atoms with van der Waals surface area (Å²) in [4.78, 5) is 34.4. The number of amides is 1. The summed E-state index contributed by atoms with van der Waals surface area (Å²) < 4.78 is 5.01. The van der Waals surface area contributed by atoms with E-state index in [4.69, 9.17) is 14.9 Å². The van der Waals surface area contributed by atoms with Crippen LogP contribution in [0.25, 0.3) is 0 Å². The molecule has 1 rings (SSSR count). The SMILES string of the molecule is CCC(C)[C@H](NC[C@@]1(O)OC[C@@H](O)[C@@H](O)[C@@H]1O)C(=O)N[C@@H](CC(=O)O)C(=O)O. The van der Waals surface area contributed by atoms with Gasteiger partial charge >= 0.3 is 11.9 Å². The number of carboxylic acids is 2. The Hall–Kier alpha value is -1.83. The molecule has 0 aromatic rings. The van der Waals surface area contributed by atoms with Crippen LogP contribution in [0.1, 0.15) is 26.7 Å². The van der Waals surface area contributed by atoms with Crippen molar-refractivity contribution < 1.29 is 49.8 Å². The lowest BCUT2D eigenvalue weighted by Crippen LogP contribution is -2.66. The summed E-state index contributed by atoms with van der Waals surface area (Å²) in [5.41, 5.74) is 0. The first kappa shape index (κ1) is 24.2. The van der Waals surface area contributed by atoms with Crippen molar-refractivity contribution in [3.05, 3.63) is 0 Å². The van der Waals surface area contributed by atoms with Crippen LogP contribution < -0.4 is 10.6 Å². The highest BCUT2D eigenvalue weighted by Crippen LogP contribution is 2.24. The van der Waals surface area contributed by atoms with Gasteiger partial charge in [0, 0.05) is 0 Å². The van der Waals surface area contributed by atoms with Gasteiger partial charge in [0.1, 0.15) is 24.4 Å². The van der Waals surface area contributed by atoms with E-state index >= 15 is 0 Å². The molecular weight excluding hydrogens is 380 g/mol. The number of ether oxygens (including phenoxy) is 1. The second kappa shape index (κ2) is 10.1. The molecule has 12 heteroatoms. The number of nitrogens with one attached hydrogen (secondary N) is 2. The highest BCUT2D eigenvalue weighted by molar-refractivity contribution is 5.89. The predicted molar refractivity (Wildman–Crippen MR) is 92.0 cm³/mol. The van der Waals surface area contributed by atoms with Crippen molar-refractivity contribution in [2.75, 3.05) is 13.2 Å². The third-order valence-electron chi connectivity index (χ3n) is 4.75. The fourth-order valence-electron chi connectivity index (χ4n) is 2.73. The van der Waals surface area contributed by atoms with Crippen LogP contribution in [-0.2, 0) is 19.1 Å². The van der Waals surface area contributed by atoms with Crippen LogP contribution in [0.5, 0.6) is 0 Å². The monoisotopic (exact) mass is 408 g/mol. The average Bonchev–Trinajstić information content (AvgIpc) is 2.62. The number of aliphatic hydroxyl groups excluding tert-OH is 3. The van der Waals surface area contributed by atoms with Gasteiger partial charge in [-0.05, 0) is 5.92 Å². The number of aliphatic carboxylic acids is 2. The predicted octanol–water partition coefficient (Wildman–Crippen LogP) is -3.16. The third kappa shape index (κ3) is 6.09. The van der Waals surface area contributed by atoms with Crippen molar-refractivity contribution in [2.24, 2.45) is 5.92 Å². The fourth-order valence-corrected chi connectivity index (χ4v) is 2.73. The van der Waals surface area contributed by atoms with Crippen LogP contribution >= 0.6 is 0 Å². The lowest BCUT2D eigenvalue weighted by molar-refractivity contribution is -0.318. The van der Waals surface area contributed by atoms with E-state index in [9.17, 15) is 34.8 Å². The molecule has 1 aliphatic heterocycles. The van der Waals surface area contributed by atoms with E-state index in [1.165, 1.54) is 0 Å². The fraction of sp³-hybridized carbons (Fsp3) is 0.812. The quantitative estimate of drug-likeness (QED) is 0.181. The van der Waals surface area contributed by atoms with Crippen LogP contribution in [0.15, 0.2) is 0 Å². The summed E-state index contributed by atoms with van der Waals surface area (Å²) in [6, 6.07) is -2.70. The molecule has 1 aliphatic rings. The van der Waals surface area contributed by atoms with Gasteiger partial charge in [0.15, 0.2) is 0 Å². The van der Waals surface area contributed by atoms with E-state index in [2.05, 4.69) is 10.6 Å². The minimum absolute atomic E-state index is 0.362. The van der Waals surface area contributed by atoms with Gasteiger partial charge in [0.05, 0.1) is 25.6 Å². The molecule has 0 spiro atoms. The Morgan fingerprint density at radius 3 is 2.32 bits per heavy atom. The maximum absolute atomic E-state index is 12.5. The second-order valence-corrected chi connectivity index (χ2v) is 6.90. The van der Waals surface area contributed by atoms with Gasteiger partial charge in [0.25, 0.3) is 0 Å². The Bertz CT molecular complexity index is 574. The van der Waals surface area contributed by atoms with Crippen LogP contribution in [0, 0.1) is 5.92 Å². The molecule has 1 saturated heterocycles. The van der Waals surface area contributed by atoms with Crippen molar-refractivity contribution in [1.29, 1.82) is 0 Å². The zero-order valence-corrected chi connectivity index (χ0v) is 15.6. The van der Waals surface area contributed by atoms with Crippen LogP contribution in [0.3, 0.4) is 0 Å². The molecule has 1 heterocycles. The Morgan fingerprint density at radius 1 is 1.21 bits per heavy atom. The maximum Gasteiger partial charge on any atom is 0.326 e. The molecule has 0 aromatic heterocycles. The molecular formula is C16H28N2O10. The van der Waals surface area contributed by atoms with Crippen molar-refractivity contribution >= 4 is 17.8 Å². The van der Waals surface area contributed by atoms with E-state index in [-0.39, 0.29) is 5.92 Å². The van der Waals surface area contributed by atoms with E-state index in [1.54, 1.807) is 13.8 Å². The zero-order chi connectivity index (χ0) is 21.6. The molecule has 0 aliphatic carbocycles. The highest BCUT2D eigenvalue weighted by Gasteiger charge is 2.48. The number of hydrogen-bond acceptors (Lipinski definition) is 9. The first-order valence-electron chi connectivity index (χ1n) is 8.81. The molecule has 0 radical (unpaired) electrons. The highest BCUT2D eigenvalue weighted by atomic mass is 16.6. The minimum atomic E-state index is -2.29. The summed E-state index contributed by atoms with van der Waals surface area (Å²) in [5, 5.41) is 62.2. The summed E-state index contributed by atoms with van der Waals surface area (Å²) in [6.45, 7) is 2.47. The molecule has 1 fully saturated rings. The largest absolute Gasteiger partial charge is 0.481 e. The summed E-state index contributed by atoms with van der Waals surface area (Å²) in [7, 11) is 0. The number of carbonyl (C=O) groups is 3. The molecule has 0 saturated carbocycles. The first-order valence-corrected chi connectivity index (χ1v) is 8.81. The number of hydrogen-bond donors (Lipinski definition) is 8. The second-order valence-electron chi connectivity index (χ2n) is 6.90. The lowest BCUT2D eigenvalue weighted by atomic mass is 9.94. The molecule has 0 bridgehead atoms. The van der Waals surface area contributed by atoms with E-state index in [0.29, 0.717) is 6.42 Å². The number of carbonyl (C=O) groups excluding carboxylic acids is 1. The van der Waals surface area contributed by atoms with Crippen LogP contribution in [0.2, 0.25) is 0 Å². The molecule has 0 aromatic carbocycles. The van der Waals surface area contributed by atoms with Crippen molar-refractivity contribution in [3.63, 3.8) is 0 Å². The van der Waals surface area contributed by atoms with E-state index < -0.39 is 73.6 Å². The van der Waals surface area contributed by atoms with Crippen molar-refractivity contribution in [3.8, 4) is 0 Å². The Labute approximate surface area is 161 Å². The molecule has 12 nitrogen and oxygen atoms in total. The summed E-state index contributed by atoms with van der Waals surface area (Å²) in [6.07, 6.45) is -5.25. The molecule has 28 heavy (non-hydrogen) atoms. The standard InChI is InChI=1S/C16H28N2O10/c1-3-7(2)11(14(24)18-8(15(25)26)4-10(20)21)17-6-16(27)13(23)12(22)9(19)5-28-16/h7-9,11-13,17,19,22-23,27H,3-6H2,1-2H3,(H,18,24)(H,20,21)(H,25,26)/t7?,8-,9+,11-,12+,13-,16+/m0/s1. The van der Waals surface area contributed by atoms with Crippen molar-refractivity contribution in [2.45, 2.75) is 62.9 Å². The van der Waals surface area contributed by atoms with Gasteiger partial charge in [-0.3, -0.25) is 9.59 Å².